The van der Waals surface area contributed by atoms with Gasteiger partial charge in [-0.25, -0.2) is 0 Å². The minimum Gasteiger partial charge on any atom is -0.313 e. The maximum Gasteiger partial charge on any atom is 0.0118 e. The van der Waals surface area contributed by atoms with Gasteiger partial charge in [-0.2, -0.15) is 0 Å². The second kappa shape index (κ2) is 7.32. The molecular weight excluding hydrogens is 194 g/mol. The van der Waals surface area contributed by atoms with Gasteiger partial charge in [-0.1, -0.05) is 47.0 Å². The first-order valence-electron chi connectivity index (χ1n) is 7.38. The zero-order valence-electron chi connectivity index (χ0n) is 11.8. The normalized spacial score (nSPS) is 29.1. The van der Waals surface area contributed by atoms with Crippen molar-refractivity contribution in [2.45, 2.75) is 72.3 Å². The van der Waals surface area contributed by atoms with Crippen LogP contribution in [0.25, 0.3) is 0 Å². The Hall–Kier alpha value is -0.0400. The van der Waals surface area contributed by atoms with Crippen LogP contribution in [0.4, 0.5) is 0 Å². The van der Waals surface area contributed by atoms with E-state index in [2.05, 4.69) is 33.0 Å². The SMILES string of the molecule is CCCNC(C(C)C)C1CCCC(C)CC1. The van der Waals surface area contributed by atoms with Crippen molar-refractivity contribution in [3.63, 3.8) is 0 Å². The Balaban J connectivity index is 2.48. The van der Waals surface area contributed by atoms with Crippen molar-refractivity contribution >= 4 is 0 Å². The molecule has 0 spiro atoms. The van der Waals surface area contributed by atoms with Gasteiger partial charge in [0.15, 0.2) is 0 Å². The Morgan fingerprint density at radius 2 is 1.88 bits per heavy atom. The van der Waals surface area contributed by atoms with Gasteiger partial charge in [-0.3, -0.25) is 0 Å². The summed E-state index contributed by atoms with van der Waals surface area (Å²) in [6.45, 7) is 10.6. The molecule has 1 aliphatic carbocycles. The Kier molecular flexibility index (Phi) is 6.41. The van der Waals surface area contributed by atoms with Gasteiger partial charge >= 0.3 is 0 Å². The lowest BCUT2D eigenvalue weighted by atomic mass is 9.85. The van der Waals surface area contributed by atoms with E-state index in [0.717, 1.165) is 23.8 Å². The fraction of sp³-hybridized carbons (Fsp3) is 1.00. The van der Waals surface area contributed by atoms with Crippen LogP contribution in [0.15, 0.2) is 0 Å². The van der Waals surface area contributed by atoms with Gasteiger partial charge in [0, 0.05) is 6.04 Å². The molecule has 0 bridgehead atoms. The minimum atomic E-state index is 0.755. The molecule has 1 N–H and O–H groups in total. The zero-order valence-corrected chi connectivity index (χ0v) is 11.8. The van der Waals surface area contributed by atoms with E-state index < -0.39 is 0 Å². The highest BCUT2D eigenvalue weighted by atomic mass is 14.9. The Morgan fingerprint density at radius 1 is 1.12 bits per heavy atom. The third-order valence-corrected chi connectivity index (χ3v) is 4.16. The largest absolute Gasteiger partial charge is 0.313 e. The predicted molar refractivity (Wildman–Crippen MR) is 72.7 cm³/mol. The van der Waals surface area contributed by atoms with Crippen LogP contribution < -0.4 is 5.32 Å². The topological polar surface area (TPSA) is 12.0 Å². The summed E-state index contributed by atoms with van der Waals surface area (Å²) >= 11 is 0. The maximum absolute atomic E-state index is 3.78. The highest BCUT2D eigenvalue weighted by molar-refractivity contribution is 4.81. The third-order valence-electron chi connectivity index (χ3n) is 4.16. The van der Waals surface area contributed by atoms with Crippen molar-refractivity contribution in [3.05, 3.63) is 0 Å². The molecule has 0 aromatic rings. The van der Waals surface area contributed by atoms with Crippen molar-refractivity contribution in [1.29, 1.82) is 0 Å². The molecule has 0 aromatic carbocycles. The fourth-order valence-electron chi connectivity index (χ4n) is 3.13. The number of nitrogens with one attached hydrogen (secondary N) is 1. The summed E-state index contributed by atoms with van der Waals surface area (Å²) in [5.74, 6) is 2.67. The molecule has 1 nitrogen and oxygen atoms in total. The Bertz CT molecular complexity index is 176. The van der Waals surface area contributed by atoms with Crippen molar-refractivity contribution in [3.8, 4) is 0 Å². The Labute approximate surface area is 102 Å². The summed E-state index contributed by atoms with van der Waals surface area (Å²) in [4.78, 5) is 0. The smallest absolute Gasteiger partial charge is 0.0118 e. The molecule has 1 heteroatoms. The van der Waals surface area contributed by atoms with E-state index in [-0.39, 0.29) is 0 Å². The lowest BCUT2D eigenvalue weighted by molar-refractivity contribution is 0.257. The Morgan fingerprint density at radius 3 is 2.50 bits per heavy atom. The van der Waals surface area contributed by atoms with Gasteiger partial charge in [0.1, 0.15) is 0 Å². The maximum atomic E-state index is 3.78. The van der Waals surface area contributed by atoms with E-state index in [0.29, 0.717) is 0 Å². The first-order chi connectivity index (χ1) is 7.65. The second-order valence-corrected chi connectivity index (χ2v) is 6.10. The molecule has 0 aromatic heterocycles. The quantitative estimate of drug-likeness (QED) is 0.691. The van der Waals surface area contributed by atoms with E-state index in [1.165, 1.54) is 45.1 Å². The molecule has 0 radical (unpaired) electrons. The van der Waals surface area contributed by atoms with Gasteiger partial charge in [0.2, 0.25) is 0 Å². The molecule has 1 aliphatic rings. The van der Waals surface area contributed by atoms with Gasteiger partial charge in [0.25, 0.3) is 0 Å². The molecule has 0 saturated heterocycles. The summed E-state index contributed by atoms with van der Waals surface area (Å²) in [6, 6.07) is 0.755. The van der Waals surface area contributed by atoms with Crippen LogP contribution in [-0.2, 0) is 0 Å². The third kappa shape index (κ3) is 4.45. The highest BCUT2D eigenvalue weighted by Gasteiger charge is 2.25. The second-order valence-electron chi connectivity index (χ2n) is 6.10. The van der Waals surface area contributed by atoms with E-state index in [1.807, 2.05) is 0 Å². The highest BCUT2D eigenvalue weighted by Crippen LogP contribution is 2.31. The zero-order chi connectivity index (χ0) is 12.0. The molecule has 3 unspecified atom stereocenters. The fourth-order valence-corrected chi connectivity index (χ4v) is 3.13. The lowest BCUT2D eigenvalue weighted by Crippen LogP contribution is -2.40. The van der Waals surface area contributed by atoms with Crippen LogP contribution in [0, 0.1) is 17.8 Å². The molecule has 1 fully saturated rings. The summed E-state index contributed by atoms with van der Waals surface area (Å²) in [5.41, 5.74) is 0. The van der Waals surface area contributed by atoms with Crippen molar-refractivity contribution in [1.82, 2.24) is 5.32 Å². The molecule has 0 heterocycles. The average Bonchev–Trinajstić information content (AvgIpc) is 2.44. The van der Waals surface area contributed by atoms with Crippen LogP contribution >= 0.6 is 0 Å². The van der Waals surface area contributed by atoms with Gasteiger partial charge in [0.05, 0.1) is 0 Å². The van der Waals surface area contributed by atoms with E-state index in [4.69, 9.17) is 0 Å². The minimum absolute atomic E-state index is 0.755. The first kappa shape index (κ1) is 14.0. The van der Waals surface area contributed by atoms with Crippen LogP contribution in [0.2, 0.25) is 0 Å². The molecule has 1 rings (SSSR count). The molecule has 3 atom stereocenters. The lowest BCUT2D eigenvalue weighted by Gasteiger charge is -2.30. The summed E-state index contributed by atoms with van der Waals surface area (Å²) in [7, 11) is 0. The van der Waals surface area contributed by atoms with Gasteiger partial charge in [-0.15, -0.1) is 0 Å². The van der Waals surface area contributed by atoms with Crippen molar-refractivity contribution in [2.24, 2.45) is 17.8 Å². The summed E-state index contributed by atoms with van der Waals surface area (Å²) in [6.07, 6.45) is 8.50. The van der Waals surface area contributed by atoms with E-state index >= 15 is 0 Å². The summed E-state index contributed by atoms with van der Waals surface area (Å²) < 4.78 is 0. The van der Waals surface area contributed by atoms with Crippen LogP contribution in [0.3, 0.4) is 0 Å². The van der Waals surface area contributed by atoms with E-state index in [9.17, 15) is 0 Å². The molecule has 96 valence electrons. The first-order valence-corrected chi connectivity index (χ1v) is 7.38. The molecule has 0 aliphatic heterocycles. The molecule has 0 amide bonds. The average molecular weight is 225 g/mol. The standard InChI is InChI=1S/C15H31N/c1-5-11-16-15(12(2)3)14-8-6-7-13(4)9-10-14/h12-16H,5-11H2,1-4H3. The van der Waals surface area contributed by atoms with Crippen molar-refractivity contribution in [2.75, 3.05) is 6.54 Å². The van der Waals surface area contributed by atoms with Gasteiger partial charge in [-0.05, 0) is 43.6 Å². The predicted octanol–water partition coefficient (Wildman–Crippen LogP) is 4.23. The van der Waals surface area contributed by atoms with Gasteiger partial charge < -0.3 is 5.32 Å². The van der Waals surface area contributed by atoms with E-state index in [1.54, 1.807) is 0 Å². The molecule has 1 saturated carbocycles. The monoisotopic (exact) mass is 225 g/mol. The molecular formula is C15H31N. The number of rotatable bonds is 5. The van der Waals surface area contributed by atoms with Crippen LogP contribution in [-0.4, -0.2) is 12.6 Å². The number of hydrogen-bond donors (Lipinski definition) is 1. The summed E-state index contributed by atoms with van der Waals surface area (Å²) in [5, 5.41) is 3.78. The van der Waals surface area contributed by atoms with Crippen LogP contribution in [0.5, 0.6) is 0 Å². The van der Waals surface area contributed by atoms with Crippen LogP contribution in [0.1, 0.15) is 66.2 Å². The number of hydrogen-bond acceptors (Lipinski definition) is 1. The molecule has 16 heavy (non-hydrogen) atoms. The van der Waals surface area contributed by atoms with Crippen molar-refractivity contribution < 1.29 is 0 Å².